The molecule has 0 unspecified atom stereocenters. The quantitative estimate of drug-likeness (QED) is 0.560. The van der Waals surface area contributed by atoms with Gasteiger partial charge < -0.3 is 9.80 Å². The number of nitrogens with zero attached hydrogens (tertiary/aromatic N) is 3. The van der Waals surface area contributed by atoms with Gasteiger partial charge in [-0.15, -0.1) is 0 Å². The summed E-state index contributed by atoms with van der Waals surface area (Å²) in [7, 11) is 0.365. The number of carbonyl (C=O) groups is 1. The van der Waals surface area contributed by atoms with Crippen molar-refractivity contribution in [3.05, 3.63) is 78.4 Å². The summed E-state index contributed by atoms with van der Waals surface area (Å²) in [6, 6.07) is 20.8. The summed E-state index contributed by atoms with van der Waals surface area (Å²) in [6.45, 7) is 1.31. The zero-order valence-electron chi connectivity index (χ0n) is 18.3. The molecule has 32 heavy (non-hydrogen) atoms. The monoisotopic (exact) mass is 449 g/mol. The van der Waals surface area contributed by atoms with Crippen molar-refractivity contribution in [3.63, 3.8) is 0 Å². The van der Waals surface area contributed by atoms with E-state index < -0.39 is 10.0 Å². The number of hydrogen-bond donors (Lipinski definition) is 0. The van der Waals surface area contributed by atoms with Crippen LogP contribution in [0.25, 0.3) is 16.8 Å². The molecule has 4 rings (SSSR count). The molecule has 0 bridgehead atoms. The Hall–Kier alpha value is -3.16. The molecule has 1 saturated heterocycles. The van der Waals surface area contributed by atoms with Crippen LogP contribution in [-0.4, -0.2) is 63.8 Å². The third-order valence-electron chi connectivity index (χ3n) is 5.74. The molecule has 1 aliphatic rings. The SMILES string of the molecule is CN(C)c1ccc(C=CC(=O)N2CCN(S(=O)(=O)c3ccc4ccccc4c3)CC2)cc1. The standard InChI is InChI=1S/C25H27N3O3S/c1-26(2)23-11-7-20(8-12-23)9-14-25(29)27-15-17-28(18-16-27)32(30,31)24-13-10-21-5-3-4-6-22(21)19-24/h3-14,19H,15-18H2,1-2H3. The van der Waals surface area contributed by atoms with Crippen LogP contribution in [0.2, 0.25) is 0 Å². The molecule has 0 radical (unpaired) electrons. The van der Waals surface area contributed by atoms with Crippen molar-refractivity contribution >= 4 is 38.5 Å². The predicted octanol–water partition coefficient (Wildman–Crippen LogP) is 3.45. The molecule has 166 valence electrons. The molecule has 1 aliphatic heterocycles. The number of carbonyl (C=O) groups excluding carboxylic acids is 1. The fourth-order valence-corrected chi connectivity index (χ4v) is 5.24. The summed E-state index contributed by atoms with van der Waals surface area (Å²) in [5, 5.41) is 1.90. The lowest BCUT2D eigenvalue weighted by Gasteiger charge is -2.33. The molecule has 0 spiro atoms. The number of hydrogen-bond acceptors (Lipinski definition) is 4. The molecule has 1 heterocycles. The van der Waals surface area contributed by atoms with E-state index in [-0.39, 0.29) is 23.9 Å². The van der Waals surface area contributed by atoms with E-state index in [9.17, 15) is 13.2 Å². The van der Waals surface area contributed by atoms with Crippen molar-refractivity contribution < 1.29 is 13.2 Å². The van der Waals surface area contributed by atoms with Crippen molar-refractivity contribution in [2.45, 2.75) is 4.90 Å². The highest BCUT2D eigenvalue weighted by atomic mass is 32.2. The van der Waals surface area contributed by atoms with Gasteiger partial charge in [0.2, 0.25) is 15.9 Å². The summed E-state index contributed by atoms with van der Waals surface area (Å²) in [6.07, 6.45) is 3.35. The summed E-state index contributed by atoms with van der Waals surface area (Å²) >= 11 is 0. The van der Waals surface area contributed by atoms with Crippen molar-refractivity contribution in [2.24, 2.45) is 0 Å². The van der Waals surface area contributed by atoms with Gasteiger partial charge in [0.25, 0.3) is 0 Å². The van der Waals surface area contributed by atoms with Gasteiger partial charge in [0.05, 0.1) is 4.90 Å². The first-order valence-electron chi connectivity index (χ1n) is 10.6. The zero-order valence-corrected chi connectivity index (χ0v) is 19.1. The first-order chi connectivity index (χ1) is 15.3. The zero-order chi connectivity index (χ0) is 22.7. The van der Waals surface area contributed by atoms with E-state index in [2.05, 4.69) is 0 Å². The highest BCUT2D eigenvalue weighted by Gasteiger charge is 2.29. The van der Waals surface area contributed by atoms with Gasteiger partial charge in [-0.25, -0.2) is 8.42 Å². The van der Waals surface area contributed by atoms with Crippen LogP contribution in [0.1, 0.15) is 5.56 Å². The average molecular weight is 450 g/mol. The lowest BCUT2D eigenvalue weighted by Crippen LogP contribution is -2.50. The third-order valence-corrected chi connectivity index (χ3v) is 7.63. The molecule has 0 N–H and O–H groups in total. The maximum Gasteiger partial charge on any atom is 0.246 e. The van der Waals surface area contributed by atoms with Crippen LogP contribution < -0.4 is 4.90 Å². The number of sulfonamides is 1. The number of fused-ring (bicyclic) bond motifs is 1. The Morgan fingerprint density at radius 3 is 2.19 bits per heavy atom. The maximum atomic E-state index is 13.1. The molecule has 1 fully saturated rings. The molecule has 0 aliphatic carbocycles. The highest BCUT2D eigenvalue weighted by molar-refractivity contribution is 7.89. The molecule has 1 amide bonds. The molecule has 3 aromatic rings. The van der Waals surface area contributed by atoms with Crippen LogP contribution in [0.5, 0.6) is 0 Å². The van der Waals surface area contributed by atoms with E-state index in [0.29, 0.717) is 13.1 Å². The van der Waals surface area contributed by atoms with Gasteiger partial charge in [0.1, 0.15) is 0 Å². The van der Waals surface area contributed by atoms with Gasteiger partial charge >= 0.3 is 0 Å². The minimum Gasteiger partial charge on any atom is -0.378 e. The Morgan fingerprint density at radius 1 is 0.875 bits per heavy atom. The largest absolute Gasteiger partial charge is 0.378 e. The average Bonchev–Trinajstić information content (AvgIpc) is 2.82. The Bertz CT molecular complexity index is 1240. The van der Waals surface area contributed by atoms with Crippen LogP contribution in [0.3, 0.4) is 0 Å². The fourth-order valence-electron chi connectivity index (χ4n) is 3.78. The highest BCUT2D eigenvalue weighted by Crippen LogP contribution is 2.23. The number of amides is 1. The first kappa shape index (κ1) is 22.0. The fraction of sp³-hybridized carbons (Fsp3) is 0.240. The van der Waals surface area contributed by atoms with Gasteiger partial charge in [0.15, 0.2) is 0 Å². The van der Waals surface area contributed by atoms with Gasteiger partial charge in [-0.2, -0.15) is 4.31 Å². The van der Waals surface area contributed by atoms with Gasteiger partial charge in [-0.1, -0.05) is 42.5 Å². The van der Waals surface area contributed by atoms with Crippen LogP contribution in [0.4, 0.5) is 5.69 Å². The Labute approximate surface area is 189 Å². The van der Waals surface area contributed by atoms with E-state index >= 15 is 0 Å². The third kappa shape index (κ3) is 4.69. The lowest BCUT2D eigenvalue weighted by molar-refractivity contribution is -0.127. The van der Waals surface area contributed by atoms with Gasteiger partial charge in [-0.3, -0.25) is 4.79 Å². The topological polar surface area (TPSA) is 60.9 Å². The van der Waals surface area contributed by atoms with Crippen LogP contribution in [-0.2, 0) is 14.8 Å². The lowest BCUT2D eigenvalue weighted by atomic mass is 10.1. The van der Waals surface area contributed by atoms with Crippen molar-refractivity contribution in [3.8, 4) is 0 Å². The Morgan fingerprint density at radius 2 is 1.53 bits per heavy atom. The van der Waals surface area contributed by atoms with E-state index in [4.69, 9.17) is 0 Å². The molecule has 0 aromatic heterocycles. The summed E-state index contributed by atoms with van der Waals surface area (Å²) in [5.41, 5.74) is 2.04. The second-order valence-corrected chi connectivity index (χ2v) is 10.00. The molecule has 0 saturated carbocycles. The maximum absolute atomic E-state index is 13.1. The number of rotatable bonds is 5. The first-order valence-corrected chi connectivity index (χ1v) is 12.0. The minimum atomic E-state index is -3.60. The molecule has 3 aromatic carbocycles. The molecule has 6 nitrogen and oxygen atoms in total. The van der Waals surface area contributed by atoms with Crippen molar-refractivity contribution in [2.75, 3.05) is 45.2 Å². The van der Waals surface area contributed by atoms with Crippen LogP contribution >= 0.6 is 0 Å². The number of benzene rings is 3. The van der Waals surface area contributed by atoms with Crippen LogP contribution in [0.15, 0.2) is 77.7 Å². The number of piperazine rings is 1. The predicted molar refractivity (Wildman–Crippen MR) is 129 cm³/mol. The van der Waals surface area contributed by atoms with Crippen molar-refractivity contribution in [1.29, 1.82) is 0 Å². The molecule has 0 atom stereocenters. The second-order valence-electron chi connectivity index (χ2n) is 8.06. The van der Waals surface area contributed by atoms with Crippen LogP contribution in [0, 0.1) is 0 Å². The molecule has 7 heteroatoms. The Kier molecular flexibility index (Phi) is 6.30. The smallest absolute Gasteiger partial charge is 0.246 e. The summed E-state index contributed by atoms with van der Waals surface area (Å²) in [5.74, 6) is -0.107. The normalized spacial score (nSPS) is 15.4. The summed E-state index contributed by atoms with van der Waals surface area (Å²) in [4.78, 5) is 16.6. The Balaban J connectivity index is 1.38. The van der Waals surface area contributed by atoms with E-state index in [0.717, 1.165) is 22.0 Å². The van der Waals surface area contributed by atoms with Gasteiger partial charge in [0, 0.05) is 52.0 Å². The van der Waals surface area contributed by atoms with Gasteiger partial charge in [-0.05, 0) is 46.7 Å². The summed E-state index contributed by atoms with van der Waals surface area (Å²) < 4.78 is 27.7. The second kappa shape index (κ2) is 9.14. The minimum absolute atomic E-state index is 0.107. The molecular weight excluding hydrogens is 422 g/mol. The van der Waals surface area contributed by atoms with E-state index in [1.54, 1.807) is 29.2 Å². The molecular formula is C25H27N3O3S. The number of anilines is 1. The van der Waals surface area contributed by atoms with Crippen molar-refractivity contribution in [1.82, 2.24) is 9.21 Å². The van der Waals surface area contributed by atoms with E-state index in [1.807, 2.05) is 73.6 Å². The van der Waals surface area contributed by atoms with E-state index in [1.165, 1.54) is 4.31 Å².